The van der Waals surface area contributed by atoms with Crippen LogP contribution in [0.5, 0.6) is 0 Å². The van der Waals surface area contributed by atoms with Gasteiger partial charge in [-0.25, -0.2) is 8.42 Å². The summed E-state index contributed by atoms with van der Waals surface area (Å²) in [6.45, 7) is 5.64. The third kappa shape index (κ3) is 3.80. The Balaban J connectivity index is 1.45. The van der Waals surface area contributed by atoms with Crippen LogP contribution in [0.3, 0.4) is 0 Å². The monoisotopic (exact) mass is 443 g/mol. The predicted molar refractivity (Wildman–Crippen MR) is 120 cm³/mol. The first-order valence-corrected chi connectivity index (χ1v) is 12.3. The fourth-order valence-electron chi connectivity index (χ4n) is 4.85. The van der Waals surface area contributed by atoms with Crippen molar-refractivity contribution in [1.82, 2.24) is 15.2 Å². The van der Waals surface area contributed by atoms with Crippen molar-refractivity contribution in [2.75, 3.05) is 62.1 Å². The Morgan fingerprint density at radius 1 is 1.10 bits per heavy atom. The number of pyridine rings is 1. The molecular formula is C22H29N5O3S. The van der Waals surface area contributed by atoms with E-state index >= 15 is 0 Å². The van der Waals surface area contributed by atoms with Gasteiger partial charge in [-0.15, -0.1) is 0 Å². The Morgan fingerprint density at radius 2 is 1.94 bits per heavy atom. The molecule has 3 aliphatic rings. The summed E-state index contributed by atoms with van der Waals surface area (Å²) in [7, 11) is -1.98. The van der Waals surface area contributed by atoms with Crippen LogP contribution in [0.15, 0.2) is 47.5 Å². The summed E-state index contributed by atoms with van der Waals surface area (Å²) in [5.41, 5.74) is 2.47. The Morgan fingerprint density at radius 3 is 2.71 bits per heavy atom. The van der Waals surface area contributed by atoms with Crippen LogP contribution in [0.2, 0.25) is 0 Å². The predicted octanol–water partition coefficient (Wildman–Crippen LogP) is 1.46. The van der Waals surface area contributed by atoms with Gasteiger partial charge in [0.1, 0.15) is 0 Å². The number of methoxy groups -OCH3 is 1. The molecule has 1 aromatic carbocycles. The summed E-state index contributed by atoms with van der Waals surface area (Å²) in [6, 6.07) is 11.0. The molecule has 0 radical (unpaired) electrons. The van der Waals surface area contributed by atoms with Gasteiger partial charge in [0, 0.05) is 58.3 Å². The first kappa shape index (κ1) is 20.7. The van der Waals surface area contributed by atoms with Crippen LogP contribution in [-0.4, -0.2) is 77.3 Å². The molecule has 0 bridgehead atoms. The fraction of sp³-hybridized carbons (Fsp3) is 0.500. The zero-order chi connectivity index (χ0) is 21.4. The first-order valence-electron chi connectivity index (χ1n) is 10.9. The summed E-state index contributed by atoms with van der Waals surface area (Å²) in [5, 5.41) is 3.36. The summed E-state index contributed by atoms with van der Waals surface area (Å²) in [6.07, 6.45) is 2.90. The molecular weight excluding hydrogens is 414 g/mol. The largest absolute Gasteiger partial charge is 0.380 e. The number of hydrogen-bond donors (Lipinski definition) is 1. The second-order valence-electron chi connectivity index (χ2n) is 8.34. The SMILES string of the molecule is CO[C@@H]1CCN(c2cccc(S(=O)(=O)N3CC(N4CCNCC4)c4ncccc43)c2)C1. The van der Waals surface area contributed by atoms with Gasteiger partial charge in [0.2, 0.25) is 0 Å². The highest BCUT2D eigenvalue weighted by molar-refractivity contribution is 7.92. The molecule has 31 heavy (non-hydrogen) atoms. The maximum Gasteiger partial charge on any atom is 0.264 e. The standard InChI is InChI=1S/C22H29N5O3S/c1-30-18-7-11-26(15-18)17-4-2-5-19(14-17)31(28,29)27-16-21(25-12-9-23-10-13-25)22-20(27)6-3-8-24-22/h2-6,8,14,18,21,23H,7,9-13,15-16H2,1H3/t18-,21?/m1/s1. The maximum atomic E-state index is 13.7. The van der Waals surface area contributed by atoms with Gasteiger partial charge in [0.05, 0.1) is 35.0 Å². The van der Waals surface area contributed by atoms with E-state index < -0.39 is 10.0 Å². The molecule has 1 aromatic heterocycles. The minimum Gasteiger partial charge on any atom is -0.380 e. The molecule has 2 atom stereocenters. The number of piperazine rings is 1. The third-order valence-corrected chi connectivity index (χ3v) is 8.36. The molecule has 0 spiro atoms. The summed E-state index contributed by atoms with van der Waals surface area (Å²) in [4.78, 5) is 9.43. The highest BCUT2D eigenvalue weighted by Crippen LogP contribution is 2.40. The van der Waals surface area contributed by atoms with E-state index in [-0.39, 0.29) is 12.1 Å². The minimum absolute atomic E-state index is 0.0164. The molecule has 0 aliphatic carbocycles. The molecule has 8 nitrogen and oxygen atoms in total. The topological polar surface area (TPSA) is 78.0 Å². The Kier molecular flexibility index (Phi) is 5.60. The number of nitrogens with zero attached hydrogens (tertiary/aromatic N) is 4. The Hall–Kier alpha value is -2.20. The molecule has 2 aromatic rings. The van der Waals surface area contributed by atoms with E-state index in [2.05, 4.69) is 20.1 Å². The van der Waals surface area contributed by atoms with Gasteiger partial charge in [-0.05, 0) is 36.8 Å². The highest BCUT2D eigenvalue weighted by Gasteiger charge is 2.40. The van der Waals surface area contributed by atoms with E-state index in [9.17, 15) is 8.42 Å². The molecule has 4 heterocycles. The van der Waals surface area contributed by atoms with Crippen molar-refractivity contribution >= 4 is 21.4 Å². The number of rotatable bonds is 5. The van der Waals surface area contributed by atoms with Crippen molar-refractivity contribution in [2.24, 2.45) is 0 Å². The number of aromatic nitrogens is 1. The van der Waals surface area contributed by atoms with E-state index in [0.717, 1.165) is 57.1 Å². The van der Waals surface area contributed by atoms with Gasteiger partial charge >= 0.3 is 0 Å². The van der Waals surface area contributed by atoms with Gasteiger partial charge in [0.15, 0.2) is 0 Å². The molecule has 2 fully saturated rings. The van der Waals surface area contributed by atoms with Crippen molar-refractivity contribution < 1.29 is 13.2 Å². The molecule has 1 N–H and O–H groups in total. The van der Waals surface area contributed by atoms with E-state index in [1.165, 1.54) is 0 Å². The van der Waals surface area contributed by atoms with Crippen LogP contribution in [0.25, 0.3) is 0 Å². The number of sulfonamides is 1. The molecule has 5 rings (SSSR count). The number of anilines is 2. The van der Waals surface area contributed by atoms with Crippen molar-refractivity contribution in [3.05, 3.63) is 48.3 Å². The molecule has 0 saturated carbocycles. The number of hydrogen-bond acceptors (Lipinski definition) is 7. The molecule has 9 heteroatoms. The highest BCUT2D eigenvalue weighted by atomic mass is 32.2. The zero-order valence-corrected chi connectivity index (χ0v) is 18.6. The first-order chi connectivity index (χ1) is 15.1. The second kappa shape index (κ2) is 8.38. The van der Waals surface area contributed by atoms with Crippen LogP contribution in [0, 0.1) is 0 Å². The van der Waals surface area contributed by atoms with E-state index in [0.29, 0.717) is 17.1 Å². The van der Waals surface area contributed by atoms with Crippen molar-refractivity contribution in [3.8, 4) is 0 Å². The van der Waals surface area contributed by atoms with Crippen LogP contribution in [0.1, 0.15) is 18.2 Å². The number of ether oxygens (including phenoxy) is 1. The summed E-state index contributed by atoms with van der Waals surface area (Å²) >= 11 is 0. The van der Waals surface area contributed by atoms with Gasteiger partial charge in [-0.3, -0.25) is 14.2 Å². The van der Waals surface area contributed by atoms with Crippen LogP contribution in [0.4, 0.5) is 11.4 Å². The molecule has 3 aliphatic heterocycles. The lowest BCUT2D eigenvalue weighted by molar-refractivity contribution is 0.121. The lowest BCUT2D eigenvalue weighted by atomic mass is 10.1. The average Bonchev–Trinajstić information content (AvgIpc) is 3.45. The normalized spacial score (nSPS) is 24.5. The van der Waals surface area contributed by atoms with Gasteiger partial charge < -0.3 is 15.0 Å². The summed E-state index contributed by atoms with van der Waals surface area (Å²) < 4.78 is 34.5. The van der Waals surface area contributed by atoms with E-state index in [4.69, 9.17) is 4.74 Å². The van der Waals surface area contributed by atoms with E-state index in [1.807, 2.05) is 24.3 Å². The lowest BCUT2D eigenvalue weighted by Gasteiger charge is -2.32. The van der Waals surface area contributed by atoms with Crippen molar-refractivity contribution in [2.45, 2.75) is 23.5 Å². The van der Waals surface area contributed by atoms with Gasteiger partial charge in [-0.2, -0.15) is 0 Å². The minimum atomic E-state index is -3.70. The Bertz CT molecular complexity index is 1040. The maximum absolute atomic E-state index is 13.7. The van der Waals surface area contributed by atoms with Crippen LogP contribution < -0.4 is 14.5 Å². The average molecular weight is 444 g/mol. The molecule has 2 saturated heterocycles. The van der Waals surface area contributed by atoms with Crippen LogP contribution >= 0.6 is 0 Å². The Labute approximate surface area is 183 Å². The second-order valence-corrected chi connectivity index (χ2v) is 10.2. The van der Waals surface area contributed by atoms with E-state index in [1.54, 1.807) is 29.7 Å². The fourth-order valence-corrected chi connectivity index (χ4v) is 6.38. The number of benzene rings is 1. The zero-order valence-electron chi connectivity index (χ0n) is 17.8. The number of nitrogens with one attached hydrogen (secondary N) is 1. The van der Waals surface area contributed by atoms with Gasteiger partial charge in [0.25, 0.3) is 10.0 Å². The van der Waals surface area contributed by atoms with Crippen molar-refractivity contribution in [1.29, 1.82) is 0 Å². The third-order valence-electron chi connectivity index (χ3n) is 6.58. The molecule has 1 unspecified atom stereocenters. The quantitative estimate of drug-likeness (QED) is 0.750. The smallest absolute Gasteiger partial charge is 0.264 e. The summed E-state index contributed by atoms with van der Waals surface area (Å²) in [5.74, 6) is 0. The van der Waals surface area contributed by atoms with Crippen LogP contribution in [-0.2, 0) is 14.8 Å². The van der Waals surface area contributed by atoms with Gasteiger partial charge in [-0.1, -0.05) is 6.07 Å². The molecule has 166 valence electrons. The molecule has 0 amide bonds. The van der Waals surface area contributed by atoms with Crippen molar-refractivity contribution in [3.63, 3.8) is 0 Å². The lowest BCUT2D eigenvalue weighted by Crippen LogP contribution is -2.46. The number of fused-ring (bicyclic) bond motifs is 1.